The second-order valence-corrected chi connectivity index (χ2v) is 5.76. The lowest BCUT2D eigenvalue weighted by Gasteiger charge is -2.37. The molecule has 132 valence electrons. The van der Waals surface area contributed by atoms with Crippen molar-refractivity contribution in [1.82, 2.24) is 10.2 Å². The molecule has 2 unspecified atom stereocenters. The SMILES string of the molecule is CC1CN(Cc2ccc(OCC(F)(F)F)c(F)c2)C(C)CN1.Cl. The van der Waals surface area contributed by atoms with Crippen LogP contribution in [0.5, 0.6) is 5.75 Å². The number of piperazine rings is 1. The van der Waals surface area contributed by atoms with E-state index in [9.17, 15) is 17.6 Å². The van der Waals surface area contributed by atoms with Crippen molar-refractivity contribution in [3.8, 4) is 5.75 Å². The average Bonchev–Trinajstić information content (AvgIpc) is 2.41. The van der Waals surface area contributed by atoms with Gasteiger partial charge in [0.25, 0.3) is 0 Å². The Bertz CT molecular complexity index is 513. The van der Waals surface area contributed by atoms with E-state index in [0.29, 0.717) is 18.6 Å². The van der Waals surface area contributed by atoms with Crippen LogP contribution in [-0.4, -0.2) is 42.9 Å². The minimum absolute atomic E-state index is 0. The first kappa shape index (κ1) is 20.0. The Morgan fingerprint density at radius 3 is 2.61 bits per heavy atom. The van der Waals surface area contributed by atoms with Crippen molar-refractivity contribution in [1.29, 1.82) is 0 Å². The number of rotatable bonds is 4. The Hall–Kier alpha value is -1.05. The molecule has 1 aliphatic rings. The highest BCUT2D eigenvalue weighted by molar-refractivity contribution is 5.85. The van der Waals surface area contributed by atoms with Crippen molar-refractivity contribution >= 4 is 12.4 Å². The number of ether oxygens (including phenoxy) is 1. The molecule has 0 bridgehead atoms. The summed E-state index contributed by atoms with van der Waals surface area (Å²) in [5, 5.41) is 3.36. The van der Waals surface area contributed by atoms with Gasteiger partial charge >= 0.3 is 6.18 Å². The molecule has 0 aliphatic carbocycles. The highest BCUT2D eigenvalue weighted by Gasteiger charge is 2.29. The van der Waals surface area contributed by atoms with E-state index in [4.69, 9.17) is 0 Å². The molecule has 1 heterocycles. The predicted molar refractivity (Wildman–Crippen MR) is 82.5 cm³/mol. The third-order valence-corrected chi connectivity index (χ3v) is 3.67. The van der Waals surface area contributed by atoms with E-state index >= 15 is 0 Å². The first-order valence-electron chi connectivity index (χ1n) is 7.20. The molecule has 0 aromatic heterocycles. The summed E-state index contributed by atoms with van der Waals surface area (Å²) in [6, 6.07) is 4.78. The third-order valence-electron chi connectivity index (χ3n) is 3.67. The maximum absolute atomic E-state index is 13.8. The van der Waals surface area contributed by atoms with E-state index in [1.807, 2.05) is 0 Å². The lowest BCUT2D eigenvalue weighted by Crippen LogP contribution is -2.53. The summed E-state index contributed by atoms with van der Waals surface area (Å²) < 4.78 is 54.5. The molecule has 0 spiro atoms. The van der Waals surface area contributed by atoms with Crippen molar-refractivity contribution in [2.24, 2.45) is 0 Å². The van der Waals surface area contributed by atoms with Crippen LogP contribution in [0.1, 0.15) is 19.4 Å². The molecule has 1 aromatic carbocycles. The van der Waals surface area contributed by atoms with Gasteiger partial charge in [0, 0.05) is 31.7 Å². The number of halogens is 5. The van der Waals surface area contributed by atoms with Crippen LogP contribution in [0.25, 0.3) is 0 Å². The molecule has 8 heteroatoms. The van der Waals surface area contributed by atoms with Gasteiger partial charge in [-0.1, -0.05) is 6.07 Å². The quantitative estimate of drug-likeness (QED) is 0.837. The van der Waals surface area contributed by atoms with Gasteiger partial charge in [-0.15, -0.1) is 12.4 Å². The molecule has 1 aliphatic heterocycles. The van der Waals surface area contributed by atoms with Crippen LogP contribution in [-0.2, 0) is 6.54 Å². The summed E-state index contributed by atoms with van der Waals surface area (Å²) >= 11 is 0. The topological polar surface area (TPSA) is 24.5 Å². The average molecular weight is 357 g/mol. The Balaban J connectivity index is 0.00000264. The molecule has 1 N–H and O–H groups in total. The molecule has 0 radical (unpaired) electrons. The van der Waals surface area contributed by atoms with Crippen LogP contribution in [0.2, 0.25) is 0 Å². The Labute approximate surface area is 139 Å². The van der Waals surface area contributed by atoms with Crippen molar-refractivity contribution in [2.75, 3.05) is 19.7 Å². The maximum Gasteiger partial charge on any atom is 0.422 e. The van der Waals surface area contributed by atoms with E-state index in [-0.39, 0.29) is 18.2 Å². The summed E-state index contributed by atoms with van der Waals surface area (Å²) in [7, 11) is 0. The first-order chi connectivity index (χ1) is 10.2. The normalized spacial score (nSPS) is 22.5. The Morgan fingerprint density at radius 2 is 2.00 bits per heavy atom. The minimum atomic E-state index is -4.47. The molecule has 2 rings (SSSR count). The fourth-order valence-corrected chi connectivity index (χ4v) is 2.47. The predicted octanol–water partition coefficient (Wildman–Crippen LogP) is 3.37. The molecular weight excluding hydrogens is 336 g/mol. The van der Waals surface area contributed by atoms with Gasteiger partial charge in [-0.3, -0.25) is 4.90 Å². The Kier molecular flexibility index (Phi) is 7.10. The number of hydrogen-bond acceptors (Lipinski definition) is 3. The van der Waals surface area contributed by atoms with Crippen LogP contribution < -0.4 is 10.1 Å². The minimum Gasteiger partial charge on any atom is -0.481 e. The third kappa shape index (κ3) is 6.16. The molecule has 1 fully saturated rings. The Morgan fingerprint density at radius 1 is 1.30 bits per heavy atom. The molecule has 3 nitrogen and oxygen atoms in total. The standard InChI is InChI=1S/C15H20F4N2O.ClH/c1-10-7-21(11(2)6-20-10)8-12-3-4-14(13(16)5-12)22-9-15(17,18)19;/h3-5,10-11,20H,6-9H2,1-2H3;1H. The number of alkyl halides is 3. The van der Waals surface area contributed by atoms with E-state index in [1.165, 1.54) is 12.1 Å². The van der Waals surface area contributed by atoms with Gasteiger partial charge < -0.3 is 10.1 Å². The van der Waals surface area contributed by atoms with Crippen LogP contribution in [0.15, 0.2) is 18.2 Å². The van der Waals surface area contributed by atoms with Crippen molar-refractivity contribution in [2.45, 2.75) is 38.7 Å². The monoisotopic (exact) mass is 356 g/mol. The van der Waals surface area contributed by atoms with Gasteiger partial charge in [0.15, 0.2) is 18.2 Å². The highest BCUT2D eigenvalue weighted by atomic mass is 35.5. The molecule has 0 amide bonds. The smallest absolute Gasteiger partial charge is 0.422 e. The van der Waals surface area contributed by atoms with Gasteiger partial charge in [-0.25, -0.2) is 4.39 Å². The van der Waals surface area contributed by atoms with Gasteiger partial charge in [0.1, 0.15) is 0 Å². The van der Waals surface area contributed by atoms with Gasteiger partial charge in [-0.2, -0.15) is 13.2 Å². The van der Waals surface area contributed by atoms with E-state index < -0.39 is 18.6 Å². The number of hydrogen-bond donors (Lipinski definition) is 1. The fraction of sp³-hybridized carbons (Fsp3) is 0.600. The van der Waals surface area contributed by atoms with E-state index in [2.05, 4.69) is 28.8 Å². The van der Waals surface area contributed by atoms with Gasteiger partial charge in [-0.05, 0) is 31.5 Å². The second kappa shape index (κ2) is 8.17. The molecule has 23 heavy (non-hydrogen) atoms. The first-order valence-corrected chi connectivity index (χ1v) is 7.20. The number of nitrogens with zero attached hydrogens (tertiary/aromatic N) is 1. The summed E-state index contributed by atoms with van der Waals surface area (Å²) in [6.07, 6.45) is -4.47. The van der Waals surface area contributed by atoms with Gasteiger partial charge in [0.2, 0.25) is 0 Å². The summed E-state index contributed by atoms with van der Waals surface area (Å²) in [5.74, 6) is -1.14. The zero-order chi connectivity index (χ0) is 16.3. The molecular formula is C15H21ClF4N2O. The summed E-state index contributed by atoms with van der Waals surface area (Å²) in [6.45, 7) is 4.92. The molecule has 2 atom stereocenters. The summed E-state index contributed by atoms with van der Waals surface area (Å²) in [5.41, 5.74) is 0.720. The van der Waals surface area contributed by atoms with Crippen LogP contribution in [0.3, 0.4) is 0 Å². The lowest BCUT2D eigenvalue weighted by molar-refractivity contribution is -0.153. The highest BCUT2D eigenvalue weighted by Crippen LogP contribution is 2.23. The van der Waals surface area contributed by atoms with Crippen LogP contribution >= 0.6 is 12.4 Å². The largest absolute Gasteiger partial charge is 0.481 e. The second-order valence-electron chi connectivity index (χ2n) is 5.76. The van der Waals surface area contributed by atoms with E-state index in [0.717, 1.165) is 18.7 Å². The summed E-state index contributed by atoms with van der Waals surface area (Å²) in [4.78, 5) is 2.21. The maximum atomic E-state index is 13.8. The van der Waals surface area contributed by atoms with Crippen molar-refractivity contribution < 1.29 is 22.3 Å². The fourth-order valence-electron chi connectivity index (χ4n) is 2.47. The molecule has 0 saturated carbocycles. The number of benzene rings is 1. The zero-order valence-electron chi connectivity index (χ0n) is 13.0. The molecule has 1 saturated heterocycles. The van der Waals surface area contributed by atoms with Crippen molar-refractivity contribution in [3.63, 3.8) is 0 Å². The zero-order valence-corrected chi connectivity index (χ0v) is 13.8. The van der Waals surface area contributed by atoms with Crippen LogP contribution in [0, 0.1) is 5.82 Å². The van der Waals surface area contributed by atoms with Crippen LogP contribution in [0.4, 0.5) is 17.6 Å². The lowest BCUT2D eigenvalue weighted by atomic mass is 10.1. The van der Waals surface area contributed by atoms with Crippen molar-refractivity contribution in [3.05, 3.63) is 29.6 Å². The molecule has 1 aromatic rings. The van der Waals surface area contributed by atoms with E-state index in [1.54, 1.807) is 6.07 Å². The van der Waals surface area contributed by atoms with Gasteiger partial charge in [0.05, 0.1) is 0 Å². The number of nitrogens with one attached hydrogen (secondary N) is 1.